The topological polar surface area (TPSA) is 207 Å². The second kappa shape index (κ2) is 17.4. The lowest BCUT2D eigenvalue weighted by Crippen LogP contribution is -2.49. The first kappa shape index (κ1) is 38.5. The van der Waals surface area contributed by atoms with Crippen molar-refractivity contribution in [1.29, 1.82) is 0 Å². The highest BCUT2D eigenvalue weighted by molar-refractivity contribution is 6.03. The maximum atomic E-state index is 13.7. The second-order valence-corrected chi connectivity index (χ2v) is 13.1. The largest absolute Gasteiger partial charge is 0.465 e. The van der Waals surface area contributed by atoms with Crippen LogP contribution in [0.1, 0.15) is 80.3 Å². The third kappa shape index (κ3) is 11.6. The smallest absolute Gasteiger partial charge is 0.328 e. The summed E-state index contributed by atoms with van der Waals surface area (Å²) < 4.78 is 10.7. The zero-order valence-electron chi connectivity index (χ0n) is 29.5. The Balaban J connectivity index is 1.85. The van der Waals surface area contributed by atoms with E-state index in [-0.39, 0.29) is 67.5 Å². The van der Waals surface area contributed by atoms with Crippen LogP contribution < -0.4 is 21.5 Å². The number of aromatic nitrogens is 4. The quantitative estimate of drug-likeness (QED) is 0.201. The number of carbonyl (C=O) groups is 4. The van der Waals surface area contributed by atoms with E-state index in [9.17, 15) is 24.0 Å². The standard InChI is InChI=1S/C34H48N8O7/c1-9-21(6)34(8)14-23(30(45)39-25(32(47)49-18-20(4)5)11-13-27(44)48-17-19(2)3)10-12-26(42-34)35-15-24-16-36-29-28(38-24)31(46)41-33(40-29)37-22(7)43/h10,12,14,16,19-21,25H,9,11,13,15,17-18H2,1-8H3,(H,35,42)(H,39,45)(H2,36,37,40,41,43,46)/t21-,25?,34?/m0/s1. The lowest BCUT2D eigenvalue weighted by Gasteiger charge is -2.34. The molecule has 0 saturated heterocycles. The lowest BCUT2D eigenvalue weighted by molar-refractivity contribution is -0.150. The summed E-state index contributed by atoms with van der Waals surface area (Å²) >= 11 is 0. The van der Waals surface area contributed by atoms with E-state index in [1.165, 1.54) is 13.1 Å². The van der Waals surface area contributed by atoms with Crippen molar-refractivity contribution in [2.45, 2.75) is 92.8 Å². The molecule has 3 heterocycles. The number of nitrogens with zero attached hydrogens (tertiary/aromatic N) is 4. The molecule has 266 valence electrons. The number of hydrogen-bond donors (Lipinski definition) is 4. The number of amides is 2. The highest BCUT2D eigenvalue weighted by Gasteiger charge is 2.33. The fourth-order valence-corrected chi connectivity index (χ4v) is 4.67. The Morgan fingerprint density at radius 3 is 2.37 bits per heavy atom. The van der Waals surface area contributed by atoms with Crippen molar-refractivity contribution >= 4 is 46.7 Å². The maximum absolute atomic E-state index is 13.7. The van der Waals surface area contributed by atoms with E-state index < -0.39 is 40.9 Å². The highest BCUT2D eigenvalue weighted by Crippen LogP contribution is 2.26. The number of ether oxygens (including phenoxy) is 2. The first-order valence-electron chi connectivity index (χ1n) is 16.5. The normalized spacial score (nSPS) is 18.0. The van der Waals surface area contributed by atoms with Crippen LogP contribution in [-0.4, -0.2) is 74.3 Å². The van der Waals surface area contributed by atoms with Gasteiger partial charge < -0.3 is 20.1 Å². The van der Waals surface area contributed by atoms with Crippen molar-refractivity contribution < 1.29 is 28.7 Å². The van der Waals surface area contributed by atoms with Gasteiger partial charge in [0.05, 0.1) is 37.2 Å². The van der Waals surface area contributed by atoms with Gasteiger partial charge in [-0.05, 0) is 49.3 Å². The number of H-pyrrole nitrogens is 1. The molecule has 0 radical (unpaired) electrons. The molecule has 0 aliphatic carbocycles. The van der Waals surface area contributed by atoms with Gasteiger partial charge in [0.15, 0.2) is 11.2 Å². The van der Waals surface area contributed by atoms with Gasteiger partial charge >= 0.3 is 11.9 Å². The van der Waals surface area contributed by atoms with E-state index in [0.29, 0.717) is 17.1 Å². The first-order chi connectivity index (χ1) is 23.1. The summed E-state index contributed by atoms with van der Waals surface area (Å²) in [4.78, 5) is 82.8. The molecule has 0 saturated carbocycles. The van der Waals surface area contributed by atoms with Gasteiger partial charge in [-0.1, -0.05) is 48.0 Å². The molecule has 15 nitrogen and oxygen atoms in total. The van der Waals surface area contributed by atoms with Crippen LogP contribution in [0.5, 0.6) is 0 Å². The Kier molecular flexibility index (Phi) is 13.7. The molecule has 1 aliphatic rings. The molecule has 2 aromatic heterocycles. The summed E-state index contributed by atoms with van der Waals surface area (Å²) in [5, 5.41) is 8.62. The summed E-state index contributed by atoms with van der Waals surface area (Å²) in [5.41, 5.74) is -0.539. The molecule has 0 aromatic carbocycles. The molecular formula is C34H48N8O7. The van der Waals surface area contributed by atoms with Crippen molar-refractivity contribution in [2.24, 2.45) is 22.7 Å². The Morgan fingerprint density at radius 1 is 1.02 bits per heavy atom. The molecule has 0 spiro atoms. The number of nitrogens with one attached hydrogen (secondary N) is 4. The van der Waals surface area contributed by atoms with Gasteiger partial charge in [-0.3, -0.25) is 34.5 Å². The minimum Gasteiger partial charge on any atom is -0.465 e. The van der Waals surface area contributed by atoms with E-state index in [2.05, 4.69) is 40.9 Å². The number of fused-ring (bicyclic) bond motifs is 1. The van der Waals surface area contributed by atoms with Gasteiger partial charge in [0.2, 0.25) is 11.9 Å². The second-order valence-electron chi connectivity index (χ2n) is 13.1. The molecule has 49 heavy (non-hydrogen) atoms. The average Bonchev–Trinajstić information content (AvgIpc) is 3.22. The molecule has 15 heteroatoms. The van der Waals surface area contributed by atoms with Crippen LogP contribution >= 0.6 is 0 Å². The van der Waals surface area contributed by atoms with Crippen molar-refractivity contribution in [3.8, 4) is 0 Å². The van der Waals surface area contributed by atoms with Crippen molar-refractivity contribution in [3.63, 3.8) is 0 Å². The van der Waals surface area contributed by atoms with Crippen molar-refractivity contribution in [1.82, 2.24) is 30.6 Å². The average molecular weight is 681 g/mol. The predicted molar refractivity (Wildman–Crippen MR) is 184 cm³/mol. The molecule has 1 aliphatic heterocycles. The number of anilines is 1. The lowest BCUT2D eigenvalue weighted by atomic mass is 9.83. The van der Waals surface area contributed by atoms with Crippen molar-refractivity contribution in [2.75, 3.05) is 18.5 Å². The molecule has 0 fully saturated rings. The molecule has 2 aromatic rings. The fraction of sp³-hybridized carbons (Fsp3) is 0.559. The third-order valence-corrected chi connectivity index (χ3v) is 7.71. The van der Waals surface area contributed by atoms with E-state index in [4.69, 9.17) is 9.47 Å². The van der Waals surface area contributed by atoms with Crippen LogP contribution in [0.4, 0.5) is 5.95 Å². The van der Waals surface area contributed by atoms with Crippen molar-refractivity contribution in [3.05, 3.63) is 46.0 Å². The Labute approximate surface area is 285 Å². The molecule has 0 bridgehead atoms. The Bertz CT molecular complexity index is 1680. The Hall–Kier alpha value is -4.95. The molecule has 2 unspecified atom stereocenters. The summed E-state index contributed by atoms with van der Waals surface area (Å²) in [6.45, 7) is 15.5. The van der Waals surface area contributed by atoms with Crippen LogP contribution in [-0.2, 0) is 35.2 Å². The molecule has 3 atom stereocenters. The number of aliphatic imine (C=N–C) groups is 1. The maximum Gasteiger partial charge on any atom is 0.328 e. The van der Waals surface area contributed by atoms with Crippen LogP contribution in [0.3, 0.4) is 0 Å². The highest BCUT2D eigenvalue weighted by atomic mass is 16.5. The number of rotatable bonds is 15. The number of esters is 2. The fourth-order valence-electron chi connectivity index (χ4n) is 4.67. The number of hydrogen-bond acceptors (Lipinski definition) is 11. The van der Waals surface area contributed by atoms with Gasteiger partial charge in [0.1, 0.15) is 11.9 Å². The number of aromatic amines is 1. The van der Waals surface area contributed by atoms with E-state index in [1.54, 1.807) is 18.2 Å². The van der Waals surface area contributed by atoms with Gasteiger partial charge in [-0.25, -0.2) is 14.8 Å². The van der Waals surface area contributed by atoms with Gasteiger partial charge in [-0.15, -0.1) is 0 Å². The summed E-state index contributed by atoms with van der Waals surface area (Å²) in [7, 11) is 0. The van der Waals surface area contributed by atoms with Gasteiger partial charge in [0, 0.05) is 18.9 Å². The minimum atomic E-state index is -1.07. The zero-order chi connectivity index (χ0) is 36.3. The SMILES string of the molecule is CC[C@H](C)C1(C)C=C(C(=O)NC(CCC(=O)OCC(C)C)C(=O)OCC(C)C)C=CC(=NCc2cnc3nc(NC(C)=O)[nH]c(=O)c3n2)N1. The molecular weight excluding hydrogens is 632 g/mol. The Morgan fingerprint density at radius 2 is 1.71 bits per heavy atom. The molecule has 3 rings (SSSR count). The summed E-state index contributed by atoms with van der Waals surface area (Å²) in [5.74, 6) is -1.26. The first-order valence-corrected chi connectivity index (χ1v) is 16.5. The van der Waals surface area contributed by atoms with Crippen LogP contribution in [0.2, 0.25) is 0 Å². The summed E-state index contributed by atoms with van der Waals surface area (Å²) in [6, 6.07) is -1.07. The van der Waals surface area contributed by atoms with Crippen LogP contribution in [0, 0.1) is 17.8 Å². The van der Waals surface area contributed by atoms with E-state index >= 15 is 0 Å². The number of amidine groups is 1. The number of carbonyl (C=O) groups excluding carboxylic acids is 4. The van der Waals surface area contributed by atoms with E-state index in [0.717, 1.165) is 6.42 Å². The zero-order valence-corrected chi connectivity index (χ0v) is 29.5. The summed E-state index contributed by atoms with van der Waals surface area (Å²) in [6.07, 6.45) is 7.22. The minimum absolute atomic E-state index is 0.00380. The predicted octanol–water partition coefficient (Wildman–Crippen LogP) is 3.12. The van der Waals surface area contributed by atoms with E-state index in [1.807, 2.05) is 48.5 Å². The monoisotopic (exact) mass is 680 g/mol. The molecule has 2 amide bonds. The van der Waals surface area contributed by atoms with Crippen LogP contribution in [0.25, 0.3) is 11.2 Å². The third-order valence-electron chi connectivity index (χ3n) is 7.71. The van der Waals surface area contributed by atoms with Crippen LogP contribution in [0.15, 0.2) is 39.8 Å². The van der Waals surface area contributed by atoms with Gasteiger partial charge in [0.25, 0.3) is 11.5 Å². The van der Waals surface area contributed by atoms with Gasteiger partial charge in [-0.2, -0.15) is 4.98 Å². The molecule has 4 N–H and O–H groups in total.